The van der Waals surface area contributed by atoms with E-state index in [1.54, 1.807) is 0 Å². The number of nitrogens with one attached hydrogen (secondary N) is 1. The molecule has 0 fully saturated rings. The van der Waals surface area contributed by atoms with Gasteiger partial charge in [-0.2, -0.15) is 0 Å². The Bertz CT molecular complexity index is 634. The van der Waals surface area contributed by atoms with Gasteiger partial charge in [-0.1, -0.05) is 52.1 Å². The van der Waals surface area contributed by atoms with Crippen LogP contribution in [0.4, 0.5) is 0 Å². The predicted octanol–water partition coefficient (Wildman–Crippen LogP) is 6.45. The summed E-state index contributed by atoms with van der Waals surface area (Å²) in [6.45, 7) is 3.09. The van der Waals surface area contributed by atoms with Gasteiger partial charge in [0.15, 0.2) is 0 Å². The standard InChI is InChI=1S/C16H15BrCl2IN/c1-2-7-21-16(10-3-6-14(18)15(19)8-10)12-9-11(20)4-5-13(12)17/h3-6,8-9,16,21H,2,7H2,1H3. The van der Waals surface area contributed by atoms with Crippen LogP contribution in [0.3, 0.4) is 0 Å². The highest BCUT2D eigenvalue weighted by molar-refractivity contribution is 14.1. The first-order chi connectivity index (χ1) is 10.0. The van der Waals surface area contributed by atoms with Gasteiger partial charge in [-0.25, -0.2) is 0 Å². The number of rotatable bonds is 5. The molecule has 0 amide bonds. The van der Waals surface area contributed by atoms with Gasteiger partial charge in [0.2, 0.25) is 0 Å². The Morgan fingerprint density at radius 2 is 1.90 bits per heavy atom. The Labute approximate surface area is 157 Å². The second-order valence-corrected chi connectivity index (χ2v) is 7.64. The van der Waals surface area contributed by atoms with Crippen LogP contribution in [0.15, 0.2) is 40.9 Å². The van der Waals surface area contributed by atoms with E-state index in [2.05, 4.69) is 69.0 Å². The van der Waals surface area contributed by atoms with E-state index in [1.165, 1.54) is 9.13 Å². The highest BCUT2D eigenvalue weighted by Crippen LogP contribution is 2.33. The fraction of sp³-hybridized carbons (Fsp3) is 0.250. The van der Waals surface area contributed by atoms with E-state index in [9.17, 15) is 0 Å². The van der Waals surface area contributed by atoms with Gasteiger partial charge in [-0.05, 0) is 77.0 Å². The maximum atomic E-state index is 6.18. The molecule has 0 heterocycles. The Morgan fingerprint density at radius 3 is 2.57 bits per heavy atom. The van der Waals surface area contributed by atoms with Crippen molar-refractivity contribution in [3.8, 4) is 0 Å². The van der Waals surface area contributed by atoms with Crippen molar-refractivity contribution in [2.24, 2.45) is 0 Å². The molecule has 2 aromatic rings. The molecule has 112 valence electrons. The lowest BCUT2D eigenvalue weighted by molar-refractivity contribution is 0.596. The van der Waals surface area contributed by atoms with Crippen LogP contribution in [0, 0.1) is 3.57 Å². The second kappa shape index (κ2) is 8.16. The zero-order chi connectivity index (χ0) is 15.4. The van der Waals surface area contributed by atoms with Gasteiger partial charge >= 0.3 is 0 Å². The number of halogens is 4. The maximum absolute atomic E-state index is 6.18. The van der Waals surface area contributed by atoms with Crippen LogP contribution in [0.5, 0.6) is 0 Å². The summed E-state index contributed by atoms with van der Waals surface area (Å²) < 4.78 is 2.29. The van der Waals surface area contributed by atoms with Crippen molar-refractivity contribution >= 4 is 61.7 Å². The molecule has 2 aromatic carbocycles. The van der Waals surface area contributed by atoms with E-state index in [0.29, 0.717) is 10.0 Å². The van der Waals surface area contributed by atoms with Crippen molar-refractivity contribution in [2.75, 3.05) is 6.54 Å². The van der Waals surface area contributed by atoms with Gasteiger partial charge in [-0.15, -0.1) is 0 Å². The molecule has 1 nitrogen and oxygen atoms in total. The number of hydrogen-bond acceptors (Lipinski definition) is 1. The molecule has 0 bridgehead atoms. The summed E-state index contributed by atoms with van der Waals surface area (Å²) in [6, 6.07) is 12.2. The van der Waals surface area contributed by atoms with Crippen LogP contribution in [0.25, 0.3) is 0 Å². The predicted molar refractivity (Wildman–Crippen MR) is 103 cm³/mol. The van der Waals surface area contributed by atoms with Gasteiger partial charge < -0.3 is 5.32 Å². The minimum atomic E-state index is 0.0869. The van der Waals surface area contributed by atoms with Crippen LogP contribution in [-0.2, 0) is 0 Å². The molecule has 0 aliphatic heterocycles. The summed E-state index contributed by atoms with van der Waals surface area (Å²) in [4.78, 5) is 0. The molecule has 0 spiro atoms. The third kappa shape index (κ3) is 4.58. The van der Waals surface area contributed by atoms with Crippen molar-refractivity contribution in [3.63, 3.8) is 0 Å². The summed E-state index contributed by atoms with van der Waals surface area (Å²) in [5.41, 5.74) is 2.31. The fourth-order valence-corrected chi connectivity index (χ4v) is 3.42. The molecule has 1 unspecified atom stereocenters. The fourth-order valence-electron chi connectivity index (χ4n) is 2.12. The van der Waals surface area contributed by atoms with E-state index >= 15 is 0 Å². The first kappa shape index (κ1) is 17.5. The van der Waals surface area contributed by atoms with Crippen LogP contribution >= 0.6 is 61.7 Å². The molecule has 2 rings (SSSR count). The van der Waals surface area contributed by atoms with Gasteiger partial charge in [0, 0.05) is 8.04 Å². The summed E-state index contributed by atoms with van der Waals surface area (Å²) in [5.74, 6) is 0. The molecule has 0 aromatic heterocycles. The van der Waals surface area contributed by atoms with Crippen LogP contribution in [-0.4, -0.2) is 6.54 Å². The molecule has 5 heteroatoms. The Balaban J connectivity index is 2.46. The monoisotopic (exact) mass is 497 g/mol. The lowest BCUT2D eigenvalue weighted by Gasteiger charge is -2.21. The van der Waals surface area contributed by atoms with Crippen molar-refractivity contribution in [3.05, 3.63) is 65.6 Å². The third-order valence-electron chi connectivity index (χ3n) is 3.14. The zero-order valence-electron chi connectivity index (χ0n) is 11.5. The second-order valence-electron chi connectivity index (χ2n) is 4.73. The van der Waals surface area contributed by atoms with Gasteiger partial charge in [-0.3, -0.25) is 0 Å². The van der Waals surface area contributed by atoms with Gasteiger partial charge in [0.1, 0.15) is 0 Å². The SMILES string of the molecule is CCCNC(c1ccc(Cl)c(Cl)c1)c1cc(I)ccc1Br. The highest BCUT2D eigenvalue weighted by Gasteiger charge is 2.17. The van der Waals surface area contributed by atoms with Crippen molar-refractivity contribution in [1.82, 2.24) is 5.32 Å². The molecular weight excluding hydrogens is 484 g/mol. The number of hydrogen-bond donors (Lipinski definition) is 1. The van der Waals surface area contributed by atoms with Crippen LogP contribution in [0.1, 0.15) is 30.5 Å². The number of benzene rings is 2. The largest absolute Gasteiger partial charge is 0.306 e. The van der Waals surface area contributed by atoms with E-state index in [-0.39, 0.29) is 6.04 Å². The van der Waals surface area contributed by atoms with Crippen LogP contribution < -0.4 is 5.32 Å². The van der Waals surface area contributed by atoms with E-state index in [4.69, 9.17) is 23.2 Å². The van der Waals surface area contributed by atoms with Crippen LogP contribution in [0.2, 0.25) is 10.0 Å². The molecular formula is C16H15BrCl2IN. The van der Waals surface area contributed by atoms with E-state index in [0.717, 1.165) is 23.0 Å². The topological polar surface area (TPSA) is 12.0 Å². The minimum absolute atomic E-state index is 0.0869. The molecule has 0 saturated carbocycles. The average molecular weight is 499 g/mol. The maximum Gasteiger partial charge on any atom is 0.0595 e. The minimum Gasteiger partial charge on any atom is -0.306 e. The summed E-state index contributed by atoms with van der Waals surface area (Å²) >= 11 is 18.2. The smallest absolute Gasteiger partial charge is 0.0595 e. The van der Waals surface area contributed by atoms with Gasteiger partial charge in [0.25, 0.3) is 0 Å². The summed E-state index contributed by atoms with van der Waals surface area (Å²) in [7, 11) is 0. The van der Waals surface area contributed by atoms with Crippen molar-refractivity contribution < 1.29 is 0 Å². The van der Waals surface area contributed by atoms with Crippen molar-refractivity contribution in [2.45, 2.75) is 19.4 Å². The Morgan fingerprint density at radius 1 is 1.14 bits per heavy atom. The highest BCUT2D eigenvalue weighted by atomic mass is 127. The van der Waals surface area contributed by atoms with Gasteiger partial charge in [0.05, 0.1) is 16.1 Å². The molecule has 0 radical (unpaired) electrons. The molecule has 1 N–H and O–H groups in total. The quantitative estimate of drug-likeness (QED) is 0.467. The summed E-state index contributed by atoms with van der Waals surface area (Å²) in [5, 5.41) is 4.74. The third-order valence-corrected chi connectivity index (χ3v) is 5.28. The lowest BCUT2D eigenvalue weighted by Crippen LogP contribution is -2.23. The summed E-state index contributed by atoms with van der Waals surface area (Å²) in [6.07, 6.45) is 1.07. The molecule has 0 saturated heterocycles. The van der Waals surface area contributed by atoms with E-state index in [1.807, 2.05) is 18.2 Å². The molecule has 21 heavy (non-hydrogen) atoms. The molecule has 0 aliphatic rings. The molecule has 1 atom stereocenters. The average Bonchev–Trinajstić information content (AvgIpc) is 2.46. The van der Waals surface area contributed by atoms with E-state index < -0.39 is 0 Å². The van der Waals surface area contributed by atoms with Crippen molar-refractivity contribution in [1.29, 1.82) is 0 Å². The Hall–Kier alpha value is 0.190. The molecule has 0 aliphatic carbocycles. The normalized spacial score (nSPS) is 12.4. The zero-order valence-corrected chi connectivity index (χ0v) is 16.7. The Kier molecular flexibility index (Phi) is 6.81. The first-order valence-electron chi connectivity index (χ1n) is 6.66. The lowest BCUT2D eigenvalue weighted by atomic mass is 9.98. The first-order valence-corrected chi connectivity index (χ1v) is 9.29.